The van der Waals surface area contributed by atoms with Gasteiger partial charge in [0.05, 0.1) is 11.3 Å². The smallest absolute Gasteiger partial charge is 0.303 e. The number of amides is 1. The number of thiophene rings is 1. The third-order valence-electron chi connectivity index (χ3n) is 2.96. The molecule has 2 N–H and O–H groups in total. The van der Waals surface area contributed by atoms with Gasteiger partial charge in [-0.2, -0.15) is 0 Å². The number of carbonyl (C=O) groups excluding carboxylic acids is 1. The number of carboxylic acids is 1. The summed E-state index contributed by atoms with van der Waals surface area (Å²) in [6.07, 6.45) is 0.0981. The van der Waals surface area contributed by atoms with E-state index in [2.05, 4.69) is 5.32 Å². The molecule has 0 saturated carbocycles. The summed E-state index contributed by atoms with van der Waals surface area (Å²) in [6.45, 7) is 1.87. The predicted molar refractivity (Wildman–Crippen MR) is 79.4 cm³/mol. The van der Waals surface area contributed by atoms with E-state index >= 15 is 0 Å². The molecule has 0 radical (unpaired) electrons. The monoisotopic (exact) mass is 289 g/mol. The minimum atomic E-state index is -0.812. The van der Waals surface area contributed by atoms with Gasteiger partial charge >= 0.3 is 5.97 Å². The fourth-order valence-corrected chi connectivity index (χ4v) is 2.49. The van der Waals surface area contributed by atoms with Crippen molar-refractivity contribution in [2.24, 2.45) is 0 Å². The van der Waals surface area contributed by atoms with Crippen molar-refractivity contribution < 1.29 is 14.7 Å². The maximum atomic E-state index is 11.9. The molecule has 0 bridgehead atoms. The van der Waals surface area contributed by atoms with E-state index < -0.39 is 5.97 Å². The summed E-state index contributed by atoms with van der Waals surface area (Å²) in [5.41, 5.74) is 1.65. The zero-order valence-corrected chi connectivity index (χ0v) is 11.8. The van der Waals surface area contributed by atoms with Gasteiger partial charge in [0.1, 0.15) is 0 Å². The van der Waals surface area contributed by atoms with E-state index in [1.54, 1.807) is 18.2 Å². The molecule has 2 rings (SSSR count). The number of anilines is 1. The minimum absolute atomic E-state index is 0.0467. The van der Waals surface area contributed by atoms with Gasteiger partial charge in [-0.3, -0.25) is 9.59 Å². The summed E-state index contributed by atoms with van der Waals surface area (Å²) >= 11 is 1.39. The molecule has 5 heteroatoms. The lowest BCUT2D eigenvalue weighted by atomic mass is 9.98. The molecule has 0 fully saturated rings. The van der Waals surface area contributed by atoms with E-state index in [1.807, 2.05) is 30.5 Å². The maximum absolute atomic E-state index is 11.9. The van der Waals surface area contributed by atoms with Crippen LogP contribution in [0.1, 0.15) is 34.5 Å². The van der Waals surface area contributed by atoms with Gasteiger partial charge in [0.25, 0.3) is 5.91 Å². The van der Waals surface area contributed by atoms with Crippen LogP contribution in [-0.2, 0) is 4.79 Å². The topological polar surface area (TPSA) is 66.4 Å². The van der Waals surface area contributed by atoms with Crippen molar-refractivity contribution in [3.8, 4) is 0 Å². The van der Waals surface area contributed by atoms with Gasteiger partial charge < -0.3 is 10.4 Å². The number of hydrogen-bond donors (Lipinski definition) is 2. The number of rotatable bonds is 5. The van der Waals surface area contributed by atoms with Gasteiger partial charge in [-0.15, -0.1) is 11.3 Å². The Morgan fingerprint density at radius 2 is 1.95 bits per heavy atom. The Labute approximate surface area is 121 Å². The van der Waals surface area contributed by atoms with Crippen LogP contribution >= 0.6 is 11.3 Å². The molecule has 104 valence electrons. The fourth-order valence-electron chi connectivity index (χ4n) is 1.88. The summed E-state index contributed by atoms with van der Waals surface area (Å²) in [6, 6.07) is 10.9. The highest BCUT2D eigenvalue weighted by atomic mass is 32.1. The third-order valence-corrected chi connectivity index (χ3v) is 3.83. The van der Waals surface area contributed by atoms with Crippen molar-refractivity contribution in [1.82, 2.24) is 0 Å². The van der Waals surface area contributed by atoms with Crippen molar-refractivity contribution in [3.05, 3.63) is 52.2 Å². The summed E-state index contributed by atoms with van der Waals surface area (Å²) < 4.78 is 0. The Kier molecular flexibility index (Phi) is 4.53. The first-order valence-electron chi connectivity index (χ1n) is 6.23. The molecule has 0 saturated heterocycles. The number of hydrogen-bond acceptors (Lipinski definition) is 3. The number of carbonyl (C=O) groups is 2. The lowest BCUT2D eigenvalue weighted by molar-refractivity contribution is -0.137. The van der Waals surface area contributed by atoms with Crippen molar-refractivity contribution in [3.63, 3.8) is 0 Å². The second-order valence-corrected chi connectivity index (χ2v) is 5.50. The molecule has 1 aromatic heterocycles. The lowest BCUT2D eigenvalue weighted by Gasteiger charge is -2.10. The highest BCUT2D eigenvalue weighted by Crippen LogP contribution is 2.21. The van der Waals surface area contributed by atoms with E-state index in [0.717, 1.165) is 5.56 Å². The van der Waals surface area contributed by atoms with Gasteiger partial charge in [0, 0.05) is 5.69 Å². The van der Waals surface area contributed by atoms with Crippen molar-refractivity contribution in [2.75, 3.05) is 5.32 Å². The first-order chi connectivity index (χ1) is 9.56. The van der Waals surface area contributed by atoms with E-state index in [4.69, 9.17) is 5.11 Å². The quantitative estimate of drug-likeness (QED) is 0.884. The Morgan fingerprint density at radius 3 is 2.50 bits per heavy atom. The molecule has 4 nitrogen and oxygen atoms in total. The second kappa shape index (κ2) is 6.34. The Bertz CT molecular complexity index is 590. The van der Waals surface area contributed by atoms with Gasteiger partial charge in [-0.25, -0.2) is 0 Å². The van der Waals surface area contributed by atoms with Crippen LogP contribution in [0.25, 0.3) is 0 Å². The van der Waals surface area contributed by atoms with Crippen LogP contribution < -0.4 is 5.32 Å². The largest absolute Gasteiger partial charge is 0.481 e. The average Bonchev–Trinajstić information content (AvgIpc) is 2.92. The van der Waals surface area contributed by atoms with E-state index in [9.17, 15) is 9.59 Å². The van der Waals surface area contributed by atoms with E-state index in [1.165, 1.54) is 11.3 Å². The normalized spacial score (nSPS) is 11.8. The molecule has 0 aliphatic carbocycles. The third kappa shape index (κ3) is 3.68. The summed E-state index contributed by atoms with van der Waals surface area (Å²) in [5, 5.41) is 13.4. The van der Waals surface area contributed by atoms with Gasteiger partial charge in [0.15, 0.2) is 0 Å². The summed E-state index contributed by atoms with van der Waals surface area (Å²) in [5.74, 6) is -0.992. The van der Waals surface area contributed by atoms with Crippen LogP contribution in [0.4, 0.5) is 5.69 Å². The van der Waals surface area contributed by atoms with Crippen LogP contribution in [0, 0.1) is 0 Å². The van der Waals surface area contributed by atoms with Crippen LogP contribution in [0.5, 0.6) is 0 Å². The van der Waals surface area contributed by atoms with Crippen molar-refractivity contribution in [1.29, 1.82) is 0 Å². The van der Waals surface area contributed by atoms with Crippen molar-refractivity contribution in [2.45, 2.75) is 19.3 Å². The fraction of sp³-hybridized carbons (Fsp3) is 0.200. The molecule has 1 atom stereocenters. The first-order valence-corrected chi connectivity index (χ1v) is 7.11. The Morgan fingerprint density at radius 1 is 1.25 bits per heavy atom. The summed E-state index contributed by atoms with van der Waals surface area (Å²) in [4.78, 5) is 23.2. The van der Waals surface area contributed by atoms with E-state index in [-0.39, 0.29) is 18.2 Å². The number of nitrogens with one attached hydrogen (secondary N) is 1. The van der Waals surface area contributed by atoms with Crippen LogP contribution in [-0.4, -0.2) is 17.0 Å². The second-order valence-electron chi connectivity index (χ2n) is 4.55. The molecule has 1 aromatic carbocycles. The SMILES string of the molecule is CC(CC(=O)O)c1ccc(NC(=O)c2cccs2)cc1. The molecule has 0 aliphatic heterocycles. The molecule has 20 heavy (non-hydrogen) atoms. The minimum Gasteiger partial charge on any atom is -0.481 e. The van der Waals surface area contributed by atoms with Gasteiger partial charge in [-0.1, -0.05) is 25.1 Å². The molecule has 2 aromatic rings. The molecule has 1 amide bonds. The zero-order chi connectivity index (χ0) is 14.5. The first kappa shape index (κ1) is 14.3. The molecule has 1 unspecified atom stereocenters. The number of aliphatic carboxylic acids is 1. The molecular weight excluding hydrogens is 274 g/mol. The standard InChI is InChI=1S/C15H15NO3S/c1-10(9-14(17)18)11-4-6-12(7-5-11)16-15(19)13-3-2-8-20-13/h2-8,10H,9H2,1H3,(H,16,19)(H,17,18). The van der Waals surface area contributed by atoms with Crippen LogP contribution in [0.15, 0.2) is 41.8 Å². The van der Waals surface area contributed by atoms with Crippen LogP contribution in [0.3, 0.4) is 0 Å². The average molecular weight is 289 g/mol. The van der Waals surface area contributed by atoms with Crippen molar-refractivity contribution >= 4 is 28.9 Å². The predicted octanol–water partition coefficient (Wildman–Crippen LogP) is 3.58. The molecule has 1 heterocycles. The van der Waals surface area contributed by atoms with Gasteiger partial charge in [-0.05, 0) is 35.1 Å². The molecule has 0 aliphatic rings. The number of carboxylic acid groups (broad SMARTS) is 1. The molecular formula is C15H15NO3S. The maximum Gasteiger partial charge on any atom is 0.303 e. The lowest BCUT2D eigenvalue weighted by Crippen LogP contribution is -2.10. The number of benzene rings is 1. The summed E-state index contributed by atoms with van der Waals surface area (Å²) in [7, 11) is 0. The highest BCUT2D eigenvalue weighted by Gasteiger charge is 2.11. The highest BCUT2D eigenvalue weighted by molar-refractivity contribution is 7.12. The Balaban J connectivity index is 2.01. The zero-order valence-electron chi connectivity index (χ0n) is 11.0. The van der Waals surface area contributed by atoms with E-state index in [0.29, 0.717) is 10.6 Å². The molecule has 0 spiro atoms. The van der Waals surface area contributed by atoms with Gasteiger partial charge in [0.2, 0.25) is 0 Å². The van der Waals surface area contributed by atoms with Crippen LogP contribution in [0.2, 0.25) is 0 Å². The Hall–Kier alpha value is -2.14.